The van der Waals surface area contributed by atoms with E-state index in [9.17, 15) is 52.7 Å². The number of aryl methyl sites for hydroxylation is 1. The van der Waals surface area contributed by atoms with Crippen LogP contribution in [-0.4, -0.2) is 50.5 Å². The van der Waals surface area contributed by atoms with Gasteiger partial charge in [0, 0.05) is 69.3 Å². The summed E-state index contributed by atoms with van der Waals surface area (Å²) >= 11 is 0. The Hall–Kier alpha value is -13.8. The third kappa shape index (κ3) is 18.1. The molecule has 0 unspecified atom stereocenters. The Morgan fingerprint density at radius 1 is 0.239 bits per heavy atom. The summed E-state index contributed by atoms with van der Waals surface area (Å²) in [6.07, 6.45) is -11.7. The molecule has 0 aliphatic carbocycles. The van der Waals surface area contributed by atoms with Gasteiger partial charge in [-0.2, -0.15) is 72.6 Å². The molecular weight excluding hydrogens is 1430 g/mol. The van der Waals surface area contributed by atoms with E-state index in [2.05, 4.69) is 50.5 Å². The molecule has 0 spiro atoms. The van der Waals surface area contributed by atoms with Crippen LogP contribution in [0.15, 0.2) is 316 Å². The molecule has 0 aliphatic rings. The van der Waals surface area contributed by atoms with E-state index in [4.69, 9.17) is 18.1 Å². The Balaban J connectivity index is 0.000000128. The Kier molecular flexibility index (Phi) is 21.5. The molecule has 14 nitrogen and oxygen atoms in total. The van der Waals surface area contributed by atoms with Crippen molar-refractivity contribution in [3.05, 3.63) is 326 Å². The highest BCUT2D eigenvalue weighted by molar-refractivity contribution is 5.77. The van der Waals surface area contributed by atoms with E-state index in [1.54, 1.807) is 189 Å². The van der Waals surface area contributed by atoms with Crippen LogP contribution in [0, 0.1) is 6.92 Å². The van der Waals surface area contributed by atoms with Crippen molar-refractivity contribution in [3.8, 4) is 136 Å². The molecule has 0 saturated heterocycles. The number of halogens is 12. The number of rotatable bonds is 12. The zero-order valence-electron chi connectivity index (χ0n) is 56.4. The van der Waals surface area contributed by atoms with E-state index in [1.807, 2.05) is 61.5 Å². The first-order valence-corrected chi connectivity index (χ1v) is 32.8. The zero-order valence-corrected chi connectivity index (χ0v) is 56.4. The van der Waals surface area contributed by atoms with E-state index in [0.717, 1.165) is 59.2 Å². The van der Waals surface area contributed by atoms with Gasteiger partial charge in [-0.15, -0.1) is 0 Å². The second-order valence-electron chi connectivity index (χ2n) is 24.0. The van der Waals surface area contributed by atoms with Gasteiger partial charge in [0.1, 0.15) is 0 Å². The topological polar surface area (TPSA) is 181 Å². The average Bonchev–Trinajstić information content (AvgIpc) is 1.80. The molecule has 16 aromatic rings. The summed E-state index contributed by atoms with van der Waals surface area (Å²) in [7, 11) is 0. The van der Waals surface area contributed by atoms with Crippen molar-refractivity contribution in [2.45, 2.75) is 31.6 Å². The average molecular weight is 1480 g/mol. The van der Waals surface area contributed by atoms with Crippen LogP contribution in [0.25, 0.3) is 136 Å². The predicted molar refractivity (Wildman–Crippen MR) is 383 cm³/mol. The Morgan fingerprint density at radius 2 is 0.578 bits per heavy atom. The second kappa shape index (κ2) is 31.9. The quantitative estimate of drug-likeness (QED) is 0.105. The summed E-state index contributed by atoms with van der Waals surface area (Å²) in [6, 6.07) is 73.6. The summed E-state index contributed by atoms with van der Waals surface area (Å²) in [6.45, 7) is 1.91. The highest BCUT2D eigenvalue weighted by atomic mass is 19.4. The van der Waals surface area contributed by atoms with E-state index in [-0.39, 0.29) is 63.0 Å². The molecule has 0 saturated carbocycles. The number of nitrogens with zero attached hydrogens (tertiary/aromatic N) is 10. The fourth-order valence-electron chi connectivity index (χ4n) is 11.1. The predicted octanol–water partition coefficient (Wildman–Crippen LogP) is 23.5. The molecule has 0 amide bonds. The SMILES string of the molecule is Cc1ccccc1-c1noc(-c2cc(-c3ccccc3)cc(C(F)(F)F)c2)n1.FC(F)(F)c1cc(-c2ccccc2)cc(-c2nc(-c3ccccc3)no2)c1.FC(F)(F)c1cc(-c2ccccc2)cc(-c2nc(-c3ccncc3)no2)c1.FC(F)(F)c1cc(-c2nc(-c3cccnc3)no2)ccc1-c1ccccc1. The largest absolute Gasteiger partial charge is 0.417 e. The molecule has 0 atom stereocenters. The third-order valence-electron chi connectivity index (χ3n) is 16.5. The monoisotopic (exact) mass is 1480 g/mol. The van der Waals surface area contributed by atoms with Gasteiger partial charge in [-0.3, -0.25) is 9.97 Å². The number of hydrogen-bond acceptors (Lipinski definition) is 14. The molecule has 10 aromatic carbocycles. The molecule has 0 radical (unpaired) electrons. The summed E-state index contributed by atoms with van der Waals surface area (Å²) in [5.74, 6) is 1.32. The first-order valence-electron chi connectivity index (χ1n) is 32.8. The normalized spacial score (nSPS) is 11.5. The van der Waals surface area contributed by atoms with Crippen LogP contribution in [0.1, 0.15) is 27.8 Å². The van der Waals surface area contributed by atoms with E-state index >= 15 is 0 Å². The van der Waals surface area contributed by atoms with Crippen molar-refractivity contribution in [1.29, 1.82) is 0 Å². The third-order valence-corrected chi connectivity index (χ3v) is 16.5. The van der Waals surface area contributed by atoms with Crippen molar-refractivity contribution in [1.82, 2.24) is 50.5 Å². The van der Waals surface area contributed by atoms with Gasteiger partial charge in [0.25, 0.3) is 23.6 Å². The maximum atomic E-state index is 13.6. The van der Waals surface area contributed by atoms with Gasteiger partial charge in [-0.25, -0.2) is 0 Å². The summed E-state index contributed by atoms with van der Waals surface area (Å²) in [4.78, 5) is 24.9. The van der Waals surface area contributed by atoms with Crippen molar-refractivity contribution in [3.63, 3.8) is 0 Å². The van der Waals surface area contributed by atoms with E-state index < -0.39 is 47.0 Å². The minimum atomic E-state index is -4.52. The van der Waals surface area contributed by atoms with Gasteiger partial charge >= 0.3 is 24.7 Å². The number of pyridine rings is 2. The maximum absolute atomic E-state index is 13.6. The molecule has 0 bridgehead atoms. The lowest BCUT2D eigenvalue weighted by Gasteiger charge is -2.14. The Bertz CT molecular complexity index is 5530. The minimum Gasteiger partial charge on any atom is -0.334 e. The van der Waals surface area contributed by atoms with Gasteiger partial charge in [-0.1, -0.05) is 203 Å². The fourth-order valence-corrected chi connectivity index (χ4v) is 11.1. The van der Waals surface area contributed by atoms with Crippen LogP contribution in [0.4, 0.5) is 52.7 Å². The number of benzene rings is 10. The molecule has 0 aliphatic heterocycles. The van der Waals surface area contributed by atoms with Crippen LogP contribution in [0.2, 0.25) is 0 Å². The lowest BCUT2D eigenvalue weighted by Crippen LogP contribution is -2.07. The molecule has 542 valence electrons. The highest BCUT2D eigenvalue weighted by Gasteiger charge is 2.37. The van der Waals surface area contributed by atoms with Crippen LogP contribution >= 0.6 is 0 Å². The van der Waals surface area contributed by atoms with Crippen molar-refractivity contribution in [2.24, 2.45) is 0 Å². The van der Waals surface area contributed by atoms with Gasteiger partial charge in [-0.05, 0) is 148 Å². The Morgan fingerprint density at radius 3 is 0.972 bits per heavy atom. The lowest BCUT2D eigenvalue weighted by molar-refractivity contribution is -0.138. The van der Waals surface area contributed by atoms with Gasteiger partial charge in [0.2, 0.25) is 23.3 Å². The van der Waals surface area contributed by atoms with Gasteiger partial charge in [0.15, 0.2) is 0 Å². The van der Waals surface area contributed by atoms with Crippen LogP contribution < -0.4 is 0 Å². The standard InChI is InChI=1S/C22H15F3N2O.C21H13F3N2O.2C20H12F3N3O/c1-14-7-5-6-10-19(14)20-26-21(28-27-20)17-11-16(15-8-3-2-4-9-15)12-18(13-17)22(23,24)25;22-21(23,24)18-12-16(14-7-3-1-4-8-14)11-17(13-18)20-25-19(26-27-20)15-9-5-2-6-10-15;21-20(22,23)17-11-14(8-9-16(17)13-5-2-1-3-6-13)19-25-18(26-27-19)15-7-4-10-24-12-15;21-20(22,23)17-11-15(13-4-2-1-3-5-13)10-16(12-17)19-25-18(26-27-19)14-6-8-24-9-7-14/h2-13H,1H3;1-13H;2*1-12H. The smallest absolute Gasteiger partial charge is 0.334 e. The van der Waals surface area contributed by atoms with Crippen LogP contribution in [0.5, 0.6) is 0 Å². The highest BCUT2D eigenvalue weighted by Crippen LogP contribution is 2.43. The number of alkyl halides is 12. The molecular formula is C83H52F12N10O4. The summed E-state index contributed by atoms with van der Waals surface area (Å²) in [5.41, 5.74) is 5.38. The molecule has 26 heteroatoms. The Labute approximate surface area is 611 Å². The van der Waals surface area contributed by atoms with Crippen molar-refractivity contribution >= 4 is 0 Å². The number of aromatic nitrogens is 10. The number of hydrogen-bond donors (Lipinski definition) is 0. The molecule has 109 heavy (non-hydrogen) atoms. The zero-order chi connectivity index (χ0) is 76.3. The lowest BCUT2D eigenvalue weighted by atomic mass is 9.97. The molecule has 0 fully saturated rings. The van der Waals surface area contributed by atoms with Crippen molar-refractivity contribution in [2.75, 3.05) is 0 Å². The first-order chi connectivity index (χ1) is 52.4. The summed E-state index contributed by atoms with van der Waals surface area (Å²) in [5, 5.41) is 15.5. The van der Waals surface area contributed by atoms with Gasteiger partial charge in [0.05, 0.1) is 22.3 Å². The van der Waals surface area contributed by atoms with Crippen LogP contribution in [-0.2, 0) is 24.7 Å². The van der Waals surface area contributed by atoms with E-state index in [1.165, 1.54) is 12.1 Å². The maximum Gasteiger partial charge on any atom is 0.417 e. The van der Waals surface area contributed by atoms with E-state index in [0.29, 0.717) is 61.7 Å². The second-order valence-corrected chi connectivity index (χ2v) is 24.0. The molecule has 16 rings (SSSR count). The van der Waals surface area contributed by atoms with Crippen molar-refractivity contribution < 1.29 is 70.8 Å². The molecule has 0 N–H and O–H groups in total. The first kappa shape index (κ1) is 73.5. The minimum absolute atomic E-state index is 0.0129. The van der Waals surface area contributed by atoms with Gasteiger partial charge < -0.3 is 18.1 Å². The summed E-state index contributed by atoms with van der Waals surface area (Å²) < 4.78 is 182. The molecule has 6 heterocycles. The van der Waals surface area contributed by atoms with Crippen LogP contribution in [0.3, 0.4) is 0 Å². The molecule has 6 aromatic heterocycles. The fraction of sp³-hybridized carbons (Fsp3) is 0.0602.